The SMILES string of the molecule is CCCCCSc1nnc2c(n1)O[C@@H](c1ccsc1)Nc1ccc(Br)cc1-2. The summed E-state index contributed by atoms with van der Waals surface area (Å²) in [7, 11) is 0. The summed E-state index contributed by atoms with van der Waals surface area (Å²) in [6, 6.07) is 8.10. The van der Waals surface area contributed by atoms with E-state index in [-0.39, 0.29) is 6.23 Å². The van der Waals surface area contributed by atoms with Gasteiger partial charge in [0.2, 0.25) is 11.0 Å². The number of nitrogens with zero attached hydrogens (tertiary/aromatic N) is 3. The maximum absolute atomic E-state index is 6.25. The molecule has 0 bridgehead atoms. The Balaban J connectivity index is 1.70. The molecule has 0 radical (unpaired) electrons. The van der Waals surface area contributed by atoms with E-state index < -0.39 is 0 Å². The van der Waals surface area contributed by atoms with Crippen LogP contribution in [-0.4, -0.2) is 20.9 Å². The minimum Gasteiger partial charge on any atom is -0.448 e. The van der Waals surface area contributed by atoms with E-state index in [2.05, 4.69) is 54.8 Å². The Kier molecular flexibility index (Phi) is 5.95. The van der Waals surface area contributed by atoms with Crippen LogP contribution in [0, 0.1) is 0 Å². The molecule has 2 aromatic heterocycles. The highest BCUT2D eigenvalue weighted by Crippen LogP contribution is 2.41. The van der Waals surface area contributed by atoms with Crippen LogP contribution in [0.25, 0.3) is 11.3 Å². The van der Waals surface area contributed by atoms with Gasteiger partial charge in [0.15, 0.2) is 11.9 Å². The van der Waals surface area contributed by atoms with E-state index in [1.54, 1.807) is 23.1 Å². The Bertz CT molecular complexity index is 920. The summed E-state index contributed by atoms with van der Waals surface area (Å²) in [5, 5.41) is 17.0. The van der Waals surface area contributed by atoms with E-state index in [9.17, 15) is 0 Å². The molecule has 0 amide bonds. The predicted octanol–water partition coefficient (Wildman–Crippen LogP) is 6.15. The van der Waals surface area contributed by atoms with Gasteiger partial charge in [0, 0.05) is 27.0 Å². The number of rotatable bonds is 6. The van der Waals surface area contributed by atoms with Crippen LogP contribution in [-0.2, 0) is 0 Å². The fraction of sp³-hybridized carbons (Fsp3) is 0.316. The fourth-order valence-electron chi connectivity index (χ4n) is 2.82. The van der Waals surface area contributed by atoms with Gasteiger partial charge in [-0.15, -0.1) is 10.2 Å². The van der Waals surface area contributed by atoms with Crippen LogP contribution in [0.4, 0.5) is 5.69 Å². The van der Waals surface area contributed by atoms with Crippen LogP contribution in [0.2, 0.25) is 0 Å². The Morgan fingerprint density at radius 3 is 3.00 bits per heavy atom. The number of aromatic nitrogens is 3. The van der Waals surface area contributed by atoms with Crippen LogP contribution >= 0.6 is 39.0 Å². The van der Waals surface area contributed by atoms with Crippen molar-refractivity contribution in [2.75, 3.05) is 11.1 Å². The van der Waals surface area contributed by atoms with E-state index in [1.807, 2.05) is 23.6 Å². The lowest BCUT2D eigenvalue weighted by molar-refractivity contribution is 0.225. The number of thioether (sulfide) groups is 1. The highest BCUT2D eigenvalue weighted by molar-refractivity contribution is 9.10. The van der Waals surface area contributed by atoms with E-state index in [4.69, 9.17) is 4.74 Å². The monoisotopic (exact) mass is 462 g/mol. The molecule has 1 N–H and O–H groups in total. The number of benzene rings is 1. The van der Waals surface area contributed by atoms with E-state index in [1.165, 1.54) is 12.8 Å². The molecule has 3 heterocycles. The van der Waals surface area contributed by atoms with Crippen molar-refractivity contribution < 1.29 is 4.74 Å². The molecule has 8 heteroatoms. The molecule has 0 fully saturated rings. The summed E-state index contributed by atoms with van der Waals surface area (Å²) in [5.41, 5.74) is 3.61. The van der Waals surface area contributed by atoms with Gasteiger partial charge in [0.25, 0.3) is 0 Å². The third-order valence-corrected chi connectivity index (χ3v) is 6.33. The second-order valence-electron chi connectivity index (χ2n) is 6.19. The smallest absolute Gasteiger partial charge is 0.247 e. The second-order valence-corrected chi connectivity index (χ2v) is 8.95. The molecule has 140 valence electrons. The Morgan fingerprint density at radius 2 is 2.19 bits per heavy atom. The number of unbranched alkanes of at least 4 members (excludes halogenated alkanes) is 2. The molecule has 1 aliphatic heterocycles. The minimum absolute atomic E-state index is 0.313. The van der Waals surface area contributed by atoms with Crippen molar-refractivity contribution in [3.8, 4) is 17.1 Å². The first kappa shape index (κ1) is 18.7. The lowest BCUT2D eigenvalue weighted by Crippen LogP contribution is -2.16. The van der Waals surface area contributed by atoms with Gasteiger partial charge >= 0.3 is 0 Å². The molecule has 0 saturated carbocycles. The highest BCUT2D eigenvalue weighted by Gasteiger charge is 2.26. The quantitative estimate of drug-likeness (QED) is 0.350. The van der Waals surface area contributed by atoms with Crippen molar-refractivity contribution in [3.05, 3.63) is 45.1 Å². The summed E-state index contributed by atoms with van der Waals surface area (Å²) in [5.74, 6) is 1.51. The zero-order valence-electron chi connectivity index (χ0n) is 14.8. The van der Waals surface area contributed by atoms with Gasteiger partial charge in [-0.1, -0.05) is 47.5 Å². The van der Waals surface area contributed by atoms with Gasteiger partial charge in [-0.05, 0) is 41.4 Å². The first-order valence-corrected chi connectivity index (χ1v) is 11.6. The Morgan fingerprint density at radius 1 is 1.26 bits per heavy atom. The number of thiophene rings is 1. The maximum Gasteiger partial charge on any atom is 0.247 e. The molecule has 27 heavy (non-hydrogen) atoms. The summed E-state index contributed by atoms with van der Waals surface area (Å²) >= 11 is 6.82. The van der Waals surface area contributed by atoms with Gasteiger partial charge in [-0.3, -0.25) is 0 Å². The fourth-order valence-corrected chi connectivity index (χ4v) is 4.63. The Labute approximate surface area is 175 Å². The van der Waals surface area contributed by atoms with Crippen LogP contribution in [0.15, 0.2) is 44.7 Å². The van der Waals surface area contributed by atoms with Gasteiger partial charge in [-0.25, -0.2) is 0 Å². The van der Waals surface area contributed by atoms with Crippen molar-refractivity contribution in [3.63, 3.8) is 0 Å². The predicted molar refractivity (Wildman–Crippen MR) is 115 cm³/mol. The number of hydrogen-bond acceptors (Lipinski definition) is 7. The molecule has 3 aromatic rings. The summed E-state index contributed by atoms with van der Waals surface area (Å²) in [6.07, 6.45) is 3.25. The molecule has 1 atom stereocenters. The Hall–Kier alpha value is -1.64. The second kappa shape index (κ2) is 8.58. The van der Waals surface area contributed by atoms with E-state index in [0.29, 0.717) is 16.7 Å². The lowest BCUT2D eigenvalue weighted by atomic mass is 10.1. The molecule has 0 spiro atoms. The number of hydrogen-bond donors (Lipinski definition) is 1. The standard InChI is InChI=1S/C19H19BrN4OS2/c1-2-3-4-8-27-19-22-18-16(23-24-19)14-10-13(20)5-6-15(14)21-17(25-18)12-7-9-26-11-12/h5-7,9-11,17,21H,2-4,8H2,1H3/t17-/m0/s1. The molecular weight excluding hydrogens is 444 g/mol. The molecule has 4 rings (SSSR count). The third-order valence-electron chi connectivity index (χ3n) is 4.21. The van der Waals surface area contributed by atoms with Crippen molar-refractivity contribution in [1.29, 1.82) is 0 Å². The number of fused-ring (bicyclic) bond motifs is 3. The van der Waals surface area contributed by atoms with Crippen LogP contribution in [0.5, 0.6) is 5.88 Å². The van der Waals surface area contributed by atoms with Crippen LogP contribution < -0.4 is 10.1 Å². The molecule has 1 aliphatic rings. The molecule has 0 saturated heterocycles. The molecule has 0 aliphatic carbocycles. The van der Waals surface area contributed by atoms with Gasteiger partial charge in [-0.2, -0.15) is 16.3 Å². The number of nitrogens with one attached hydrogen (secondary N) is 1. The van der Waals surface area contributed by atoms with Gasteiger partial charge in [0.05, 0.1) is 0 Å². The van der Waals surface area contributed by atoms with Crippen LogP contribution in [0.3, 0.4) is 0 Å². The van der Waals surface area contributed by atoms with E-state index in [0.717, 1.165) is 33.5 Å². The van der Waals surface area contributed by atoms with Crippen molar-refractivity contribution >= 4 is 44.7 Å². The molecule has 1 aromatic carbocycles. The number of anilines is 1. The summed E-state index contributed by atoms with van der Waals surface area (Å²) in [4.78, 5) is 4.67. The first-order valence-electron chi connectivity index (χ1n) is 8.87. The highest BCUT2D eigenvalue weighted by atomic mass is 79.9. The lowest BCUT2D eigenvalue weighted by Gasteiger charge is -2.17. The largest absolute Gasteiger partial charge is 0.448 e. The molecule has 5 nitrogen and oxygen atoms in total. The normalized spacial score (nSPS) is 15.3. The number of halogens is 1. The average molecular weight is 463 g/mol. The topological polar surface area (TPSA) is 59.9 Å². The maximum atomic E-state index is 6.25. The minimum atomic E-state index is -0.313. The van der Waals surface area contributed by atoms with E-state index >= 15 is 0 Å². The van der Waals surface area contributed by atoms with Crippen molar-refractivity contribution in [2.45, 2.75) is 37.6 Å². The van der Waals surface area contributed by atoms with Crippen molar-refractivity contribution in [1.82, 2.24) is 15.2 Å². The molecule has 0 unspecified atom stereocenters. The zero-order valence-corrected chi connectivity index (χ0v) is 18.0. The first-order chi connectivity index (χ1) is 13.2. The van der Waals surface area contributed by atoms with Crippen molar-refractivity contribution in [2.24, 2.45) is 0 Å². The average Bonchev–Trinajstić information content (AvgIpc) is 3.16. The molecular formula is C19H19BrN4OS2. The zero-order chi connectivity index (χ0) is 18.6. The summed E-state index contributed by atoms with van der Waals surface area (Å²) < 4.78 is 7.22. The van der Waals surface area contributed by atoms with Crippen LogP contribution in [0.1, 0.15) is 38.0 Å². The third kappa shape index (κ3) is 4.28. The van der Waals surface area contributed by atoms with Gasteiger partial charge in [0.1, 0.15) is 0 Å². The number of ether oxygens (including phenoxy) is 1. The van der Waals surface area contributed by atoms with Gasteiger partial charge < -0.3 is 10.1 Å². The summed E-state index contributed by atoms with van der Waals surface area (Å²) in [6.45, 7) is 2.20.